The van der Waals surface area contributed by atoms with Crippen molar-refractivity contribution in [1.82, 2.24) is 9.55 Å². The molecule has 3 aromatic rings. The SMILES string of the molecule is CC(CCc1ccccc1)(Cn1ccnc1)SCc1ccccc1Cl. The third kappa shape index (κ3) is 5.38. The number of aromatic nitrogens is 2. The minimum absolute atomic E-state index is 0.107. The van der Waals surface area contributed by atoms with E-state index in [9.17, 15) is 0 Å². The summed E-state index contributed by atoms with van der Waals surface area (Å²) < 4.78 is 2.28. The van der Waals surface area contributed by atoms with Gasteiger partial charge in [0.2, 0.25) is 0 Å². The van der Waals surface area contributed by atoms with E-state index in [4.69, 9.17) is 11.6 Å². The topological polar surface area (TPSA) is 17.8 Å². The van der Waals surface area contributed by atoms with E-state index in [1.165, 1.54) is 11.1 Å². The van der Waals surface area contributed by atoms with E-state index in [2.05, 4.69) is 58.9 Å². The van der Waals surface area contributed by atoms with Gasteiger partial charge in [0.25, 0.3) is 0 Å². The molecule has 2 nitrogen and oxygen atoms in total. The van der Waals surface area contributed by atoms with E-state index in [1.54, 1.807) is 0 Å². The second kappa shape index (κ2) is 8.59. The molecule has 0 fully saturated rings. The summed E-state index contributed by atoms with van der Waals surface area (Å²) in [6.45, 7) is 3.28. The Labute approximate surface area is 159 Å². The van der Waals surface area contributed by atoms with Crippen molar-refractivity contribution in [3.63, 3.8) is 0 Å². The predicted octanol–water partition coefficient (Wildman–Crippen LogP) is 5.86. The van der Waals surface area contributed by atoms with Gasteiger partial charge in [0, 0.05) is 34.5 Å². The molecule has 1 atom stereocenters. The molecule has 0 aliphatic heterocycles. The fourth-order valence-electron chi connectivity index (χ4n) is 2.88. The zero-order valence-electron chi connectivity index (χ0n) is 14.4. The first-order chi connectivity index (χ1) is 12.1. The highest BCUT2D eigenvalue weighted by Gasteiger charge is 2.25. The molecule has 1 heterocycles. The number of nitrogens with zero attached hydrogens (tertiary/aromatic N) is 2. The number of hydrogen-bond donors (Lipinski definition) is 0. The highest BCUT2D eigenvalue weighted by molar-refractivity contribution is 7.99. The van der Waals surface area contributed by atoms with Crippen molar-refractivity contribution in [3.05, 3.63) is 89.5 Å². The molecule has 0 bridgehead atoms. The monoisotopic (exact) mass is 370 g/mol. The number of thioether (sulfide) groups is 1. The number of benzene rings is 2. The van der Waals surface area contributed by atoms with Crippen LogP contribution in [-0.2, 0) is 18.7 Å². The molecule has 0 saturated heterocycles. The summed E-state index contributed by atoms with van der Waals surface area (Å²) in [4.78, 5) is 4.19. The number of aryl methyl sites for hydroxylation is 1. The van der Waals surface area contributed by atoms with Crippen molar-refractivity contribution < 1.29 is 0 Å². The van der Waals surface area contributed by atoms with Crippen LogP contribution >= 0.6 is 23.4 Å². The summed E-state index contributed by atoms with van der Waals surface area (Å²) in [6.07, 6.45) is 7.95. The van der Waals surface area contributed by atoms with Gasteiger partial charge >= 0.3 is 0 Å². The van der Waals surface area contributed by atoms with Gasteiger partial charge in [-0.05, 0) is 37.0 Å². The second-order valence-electron chi connectivity index (χ2n) is 6.55. The summed E-state index contributed by atoms with van der Waals surface area (Å²) in [6, 6.07) is 18.8. The van der Waals surface area contributed by atoms with Crippen LogP contribution in [0.3, 0.4) is 0 Å². The molecule has 2 aromatic carbocycles. The van der Waals surface area contributed by atoms with E-state index in [-0.39, 0.29) is 4.75 Å². The van der Waals surface area contributed by atoms with Gasteiger partial charge in [0.05, 0.1) is 6.33 Å². The molecule has 3 rings (SSSR count). The van der Waals surface area contributed by atoms with E-state index < -0.39 is 0 Å². The van der Waals surface area contributed by atoms with Crippen LogP contribution in [0.15, 0.2) is 73.3 Å². The van der Waals surface area contributed by atoms with E-state index in [0.717, 1.165) is 30.2 Å². The Morgan fingerprint density at radius 2 is 1.84 bits per heavy atom. The van der Waals surface area contributed by atoms with Gasteiger partial charge in [-0.3, -0.25) is 0 Å². The third-order valence-electron chi connectivity index (χ3n) is 4.40. The number of halogens is 1. The molecule has 1 unspecified atom stereocenters. The largest absolute Gasteiger partial charge is 0.336 e. The summed E-state index contributed by atoms with van der Waals surface area (Å²) in [5, 5.41) is 0.850. The van der Waals surface area contributed by atoms with Crippen LogP contribution in [0.25, 0.3) is 0 Å². The van der Waals surface area contributed by atoms with Crippen LogP contribution < -0.4 is 0 Å². The molecule has 0 radical (unpaired) electrons. The Bertz CT molecular complexity index is 774. The average molecular weight is 371 g/mol. The lowest BCUT2D eigenvalue weighted by Gasteiger charge is -2.30. The molecule has 25 heavy (non-hydrogen) atoms. The Kier molecular flexibility index (Phi) is 6.22. The predicted molar refractivity (Wildman–Crippen MR) is 108 cm³/mol. The van der Waals surface area contributed by atoms with Gasteiger partial charge in [-0.2, -0.15) is 0 Å². The van der Waals surface area contributed by atoms with Gasteiger partial charge in [0.1, 0.15) is 0 Å². The Morgan fingerprint density at radius 1 is 1.08 bits per heavy atom. The zero-order valence-corrected chi connectivity index (χ0v) is 16.0. The maximum absolute atomic E-state index is 6.34. The molecule has 130 valence electrons. The van der Waals surface area contributed by atoms with Crippen LogP contribution in [0.2, 0.25) is 5.02 Å². The van der Waals surface area contributed by atoms with Crippen molar-refractivity contribution >= 4 is 23.4 Å². The van der Waals surface area contributed by atoms with E-state index >= 15 is 0 Å². The lowest BCUT2D eigenvalue weighted by molar-refractivity contribution is 0.495. The summed E-state index contributed by atoms with van der Waals surface area (Å²) in [7, 11) is 0. The zero-order chi connectivity index (χ0) is 17.5. The molecule has 0 aliphatic rings. The molecular formula is C21H23ClN2S. The molecule has 0 spiro atoms. The van der Waals surface area contributed by atoms with E-state index in [1.807, 2.05) is 42.6 Å². The van der Waals surface area contributed by atoms with Crippen LogP contribution in [0.4, 0.5) is 0 Å². The lowest BCUT2D eigenvalue weighted by Crippen LogP contribution is -2.27. The van der Waals surface area contributed by atoms with Gasteiger partial charge in [-0.25, -0.2) is 4.98 Å². The second-order valence-corrected chi connectivity index (χ2v) is 8.52. The van der Waals surface area contributed by atoms with Crippen molar-refractivity contribution in [3.8, 4) is 0 Å². The minimum Gasteiger partial charge on any atom is -0.336 e. The average Bonchev–Trinajstić information content (AvgIpc) is 3.13. The standard InChI is InChI=1S/C21H23ClN2S/c1-21(16-24-14-13-23-17-24,12-11-18-7-3-2-4-8-18)25-15-19-9-5-6-10-20(19)22/h2-10,13-14,17H,11-12,15-16H2,1H3. The van der Waals surface area contributed by atoms with E-state index in [0.29, 0.717) is 0 Å². The van der Waals surface area contributed by atoms with Crippen molar-refractivity contribution in [2.75, 3.05) is 0 Å². The number of hydrogen-bond acceptors (Lipinski definition) is 2. The molecule has 0 amide bonds. The maximum Gasteiger partial charge on any atom is 0.0946 e. The normalized spacial score (nSPS) is 13.5. The quantitative estimate of drug-likeness (QED) is 0.494. The molecule has 0 aliphatic carbocycles. The molecule has 0 saturated carbocycles. The van der Waals surface area contributed by atoms with Crippen LogP contribution in [0, 0.1) is 0 Å². The number of rotatable bonds is 8. The van der Waals surface area contributed by atoms with Crippen molar-refractivity contribution in [2.45, 2.75) is 36.8 Å². The summed E-state index contributed by atoms with van der Waals surface area (Å²) >= 11 is 8.32. The van der Waals surface area contributed by atoms with Gasteiger partial charge in [-0.1, -0.05) is 60.1 Å². The molecule has 0 N–H and O–H groups in total. The summed E-state index contributed by atoms with van der Waals surface area (Å²) in [5.74, 6) is 0.916. The van der Waals surface area contributed by atoms with Crippen LogP contribution in [0.5, 0.6) is 0 Å². The van der Waals surface area contributed by atoms with Gasteiger partial charge < -0.3 is 4.57 Å². The fraction of sp³-hybridized carbons (Fsp3) is 0.286. The fourth-order valence-corrected chi connectivity index (χ4v) is 4.41. The highest BCUT2D eigenvalue weighted by Crippen LogP contribution is 2.36. The Hall–Kier alpha value is -1.71. The lowest BCUT2D eigenvalue weighted by atomic mass is 10.00. The third-order valence-corrected chi connectivity index (χ3v) is 6.25. The van der Waals surface area contributed by atoms with Crippen molar-refractivity contribution in [1.29, 1.82) is 0 Å². The minimum atomic E-state index is 0.107. The highest BCUT2D eigenvalue weighted by atomic mass is 35.5. The first-order valence-electron chi connectivity index (χ1n) is 8.52. The smallest absolute Gasteiger partial charge is 0.0946 e. The number of imidazole rings is 1. The first kappa shape index (κ1) is 18.1. The van der Waals surface area contributed by atoms with Crippen LogP contribution in [-0.4, -0.2) is 14.3 Å². The first-order valence-corrected chi connectivity index (χ1v) is 9.88. The Morgan fingerprint density at radius 3 is 2.56 bits per heavy atom. The van der Waals surface area contributed by atoms with Gasteiger partial charge in [0.15, 0.2) is 0 Å². The molecule has 1 aromatic heterocycles. The molecular weight excluding hydrogens is 348 g/mol. The Balaban J connectivity index is 1.70. The van der Waals surface area contributed by atoms with Gasteiger partial charge in [-0.15, -0.1) is 11.8 Å². The van der Waals surface area contributed by atoms with Crippen molar-refractivity contribution in [2.24, 2.45) is 0 Å². The molecule has 4 heteroatoms. The summed E-state index contributed by atoms with van der Waals surface area (Å²) in [5.41, 5.74) is 2.59. The maximum atomic E-state index is 6.34. The van der Waals surface area contributed by atoms with Crippen LogP contribution in [0.1, 0.15) is 24.5 Å².